The molecule has 2 nitrogen and oxygen atoms in total. The SMILES string of the molecule is CCNC(CC1CC(OCC)C1)c1ccc(F)c(C)c1. The first kappa shape index (κ1) is 15.5. The van der Waals surface area contributed by atoms with Crippen molar-refractivity contribution in [1.82, 2.24) is 5.32 Å². The van der Waals surface area contributed by atoms with Crippen LogP contribution in [0, 0.1) is 18.7 Å². The Balaban J connectivity index is 1.95. The van der Waals surface area contributed by atoms with Crippen LogP contribution >= 0.6 is 0 Å². The maximum absolute atomic E-state index is 13.4. The number of rotatable bonds is 7. The molecule has 0 bridgehead atoms. The van der Waals surface area contributed by atoms with Crippen LogP contribution in [0.3, 0.4) is 0 Å². The zero-order valence-electron chi connectivity index (χ0n) is 12.8. The van der Waals surface area contributed by atoms with Gasteiger partial charge in [-0.1, -0.05) is 19.1 Å². The van der Waals surface area contributed by atoms with Gasteiger partial charge in [0.2, 0.25) is 0 Å². The molecule has 0 aromatic heterocycles. The molecule has 0 aliphatic heterocycles. The lowest BCUT2D eigenvalue weighted by molar-refractivity contribution is -0.0291. The van der Waals surface area contributed by atoms with Gasteiger partial charge in [-0.2, -0.15) is 0 Å². The van der Waals surface area contributed by atoms with E-state index in [-0.39, 0.29) is 5.82 Å². The van der Waals surface area contributed by atoms with E-state index in [1.54, 1.807) is 6.07 Å². The van der Waals surface area contributed by atoms with Gasteiger partial charge < -0.3 is 10.1 Å². The van der Waals surface area contributed by atoms with Crippen molar-refractivity contribution in [3.63, 3.8) is 0 Å². The smallest absolute Gasteiger partial charge is 0.126 e. The number of benzene rings is 1. The monoisotopic (exact) mass is 279 g/mol. The summed E-state index contributed by atoms with van der Waals surface area (Å²) in [5.74, 6) is 0.602. The third-order valence-corrected chi connectivity index (χ3v) is 4.20. The second-order valence-corrected chi connectivity index (χ2v) is 5.77. The summed E-state index contributed by atoms with van der Waals surface area (Å²) in [7, 11) is 0. The summed E-state index contributed by atoms with van der Waals surface area (Å²) < 4.78 is 19.0. The molecule has 1 atom stereocenters. The highest BCUT2D eigenvalue weighted by molar-refractivity contribution is 5.26. The van der Waals surface area contributed by atoms with Gasteiger partial charge in [0.15, 0.2) is 0 Å². The van der Waals surface area contributed by atoms with Gasteiger partial charge in [-0.3, -0.25) is 0 Å². The minimum atomic E-state index is -0.121. The molecular formula is C17H26FNO. The van der Waals surface area contributed by atoms with Gasteiger partial charge in [-0.15, -0.1) is 0 Å². The Morgan fingerprint density at radius 1 is 1.35 bits per heavy atom. The average Bonchev–Trinajstić information content (AvgIpc) is 2.38. The third kappa shape index (κ3) is 3.80. The summed E-state index contributed by atoms with van der Waals surface area (Å²) in [5.41, 5.74) is 1.93. The molecular weight excluding hydrogens is 253 g/mol. The fraction of sp³-hybridized carbons (Fsp3) is 0.647. The van der Waals surface area contributed by atoms with Crippen LogP contribution in [0.5, 0.6) is 0 Å². The highest BCUT2D eigenvalue weighted by Crippen LogP contribution is 2.37. The zero-order valence-corrected chi connectivity index (χ0v) is 12.8. The fourth-order valence-corrected chi connectivity index (χ4v) is 3.04. The number of halogens is 1. The first-order chi connectivity index (χ1) is 9.63. The Kier molecular flexibility index (Phi) is 5.55. The largest absolute Gasteiger partial charge is 0.378 e. The summed E-state index contributed by atoms with van der Waals surface area (Å²) in [6.07, 6.45) is 3.90. The van der Waals surface area contributed by atoms with Gasteiger partial charge >= 0.3 is 0 Å². The Morgan fingerprint density at radius 2 is 2.10 bits per heavy atom. The van der Waals surface area contributed by atoms with E-state index < -0.39 is 0 Å². The standard InChI is InChI=1S/C17H26FNO/c1-4-19-17(11-13-9-15(10-13)20-5-2)14-6-7-16(18)12(3)8-14/h6-8,13,15,17,19H,4-5,9-11H2,1-3H3. The van der Waals surface area contributed by atoms with Gasteiger partial charge in [-0.25, -0.2) is 4.39 Å². The van der Waals surface area contributed by atoms with Gasteiger partial charge in [0, 0.05) is 12.6 Å². The van der Waals surface area contributed by atoms with Gasteiger partial charge in [0.1, 0.15) is 5.82 Å². The number of ether oxygens (including phenoxy) is 1. The van der Waals surface area contributed by atoms with Crippen LogP contribution in [0.1, 0.15) is 50.3 Å². The Morgan fingerprint density at radius 3 is 2.70 bits per heavy atom. The minimum Gasteiger partial charge on any atom is -0.378 e. The fourth-order valence-electron chi connectivity index (χ4n) is 3.04. The van der Waals surface area contributed by atoms with E-state index in [1.807, 2.05) is 19.1 Å². The lowest BCUT2D eigenvalue weighted by Crippen LogP contribution is -2.34. The maximum atomic E-state index is 13.4. The van der Waals surface area contributed by atoms with E-state index >= 15 is 0 Å². The van der Waals surface area contributed by atoms with Crippen molar-refractivity contribution < 1.29 is 9.13 Å². The van der Waals surface area contributed by atoms with Crippen molar-refractivity contribution in [3.05, 3.63) is 35.1 Å². The van der Waals surface area contributed by atoms with Gasteiger partial charge in [0.25, 0.3) is 0 Å². The van der Waals surface area contributed by atoms with E-state index in [1.165, 1.54) is 5.56 Å². The third-order valence-electron chi connectivity index (χ3n) is 4.20. The zero-order chi connectivity index (χ0) is 14.5. The molecule has 1 aliphatic rings. The van der Waals surface area contributed by atoms with Crippen LogP contribution in [0.25, 0.3) is 0 Å². The number of nitrogens with one attached hydrogen (secondary N) is 1. The molecule has 1 aromatic carbocycles. The average molecular weight is 279 g/mol. The molecule has 3 heteroatoms. The van der Waals surface area contributed by atoms with Crippen molar-refractivity contribution in [2.24, 2.45) is 5.92 Å². The predicted molar refractivity (Wildman–Crippen MR) is 80.3 cm³/mol. The molecule has 112 valence electrons. The first-order valence-corrected chi connectivity index (χ1v) is 7.75. The highest BCUT2D eigenvalue weighted by Gasteiger charge is 2.31. The van der Waals surface area contributed by atoms with E-state index in [2.05, 4.69) is 19.2 Å². The first-order valence-electron chi connectivity index (χ1n) is 7.75. The van der Waals surface area contributed by atoms with E-state index in [0.717, 1.165) is 43.9 Å². The molecule has 1 aliphatic carbocycles. The van der Waals surface area contributed by atoms with Gasteiger partial charge in [-0.05, 0) is 62.8 Å². The molecule has 20 heavy (non-hydrogen) atoms. The summed E-state index contributed by atoms with van der Waals surface area (Å²) >= 11 is 0. The molecule has 0 saturated heterocycles. The maximum Gasteiger partial charge on any atom is 0.126 e. The summed E-state index contributed by atoms with van der Waals surface area (Å²) in [5, 5.41) is 3.53. The van der Waals surface area contributed by atoms with Crippen molar-refractivity contribution in [2.45, 2.75) is 52.2 Å². The van der Waals surface area contributed by atoms with E-state index in [4.69, 9.17) is 4.74 Å². The molecule has 0 heterocycles. The Bertz CT molecular complexity index is 429. The Labute approximate surface area is 121 Å². The predicted octanol–water partition coefficient (Wildman–Crippen LogP) is 3.99. The van der Waals surface area contributed by atoms with Crippen molar-refractivity contribution in [3.8, 4) is 0 Å². The molecule has 1 unspecified atom stereocenters. The highest BCUT2D eigenvalue weighted by atomic mass is 19.1. The normalized spacial score (nSPS) is 23.4. The molecule has 0 radical (unpaired) electrons. The minimum absolute atomic E-state index is 0.121. The molecule has 1 N–H and O–H groups in total. The molecule has 0 spiro atoms. The lowest BCUT2D eigenvalue weighted by atomic mass is 9.77. The topological polar surface area (TPSA) is 21.3 Å². The van der Waals surface area contributed by atoms with Crippen LogP contribution in [0.15, 0.2) is 18.2 Å². The summed E-state index contributed by atoms with van der Waals surface area (Å²) in [4.78, 5) is 0. The molecule has 1 saturated carbocycles. The number of hydrogen-bond donors (Lipinski definition) is 1. The number of hydrogen-bond acceptors (Lipinski definition) is 2. The van der Waals surface area contributed by atoms with Crippen LogP contribution < -0.4 is 5.32 Å². The summed E-state index contributed by atoms with van der Waals surface area (Å²) in [6, 6.07) is 5.79. The molecule has 2 rings (SSSR count). The lowest BCUT2D eigenvalue weighted by Gasteiger charge is -2.37. The molecule has 1 aromatic rings. The molecule has 0 amide bonds. The van der Waals surface area contributed by atoms with Crippen LogP contribution in [-0.2, 0) is 4.74 Å². The molecule has 1 fully saturated rings. The van der Waals surface area contributed by atoms with Crippen molar-refractivity contribution in [2.75, 3.05) is 13.2 Å². The summed E-state index contributed by atoms with van der Waals surface area (Å²) in [6.45, 7) is 7.74. The van der Waals surface area contributed by atoms with Crippen LogP contribution in [0.4, 0.5) is 4.39 Å². The van der Waals surface area contributed by atoms with E-state index in [9.17, 15) is 4.39 Å². The van der Waals surface area contributed by atoms with Gasteiger partial charge in [0.05, 0.1) is 6.10 Å². The van der Waals surface area contributed by atoms with Crippen molar-refractivity contribution >= 4 is 0 Å². The van der Waals surface area contributed by atoms with Crippen LogP contribution in [-0.4, -0.2) is 19.3 Å². The number of aryl methyl sites for hydroxylation is 1. The van der Waals surface area contributed by atoms with Crippen molar-refractivity contribution in [1.29, 1.82) is 0 Å². The Hall–Kier alpha value is -0.930. The second-order valence-electron chi connectivity index (χ2n) is 5.77. The van der Waals surface area contributed by atoms with E-state index in [0.29, 0.717) is 12.1 Å². The quantitative estimate of drug-likeness (QED) is 0.815. The second kappa shape index (κ2) is 7.19. The van der Waals surface area contributed by atoms with Crippen LogP contribution in [0.2, 0.25) is 0 Å².